The van der Waals surface area contributed by atoms with E-state index >= 15 is 0 Å². The largest absolute Gasteiger partial charge is 0.485 e. The molecule has 3 heterocycles. The fraction of sp³-hybridized carbons (Fsp3) is 0.389. The maximum absolute atomic E-state index is 11.6. The number of carbonyl (C=O) groups is 1. The molecule has 3 aromatic rings. The Hall–Kier alpha value is -2.98. The lowest BCUT2D eigenvalue weighted by molar-refractivity contribution is 0.0600. The van der Waals surface area contributed by atoms with Crippen molar-refractivity contribution in [2.75, 3.05) is 20.2 Å². The lowest BCUT2D eigenvalue weighted by Crippen LogP contribution is -2.31. The second kappa shape index (κ2) is 9.48. The van der Waals surface area contributed by atoms with Crippen LogP contribution in [-0.4, -0.2) is 51.1 Å². The number of nitrogens with one attached hydrogen (secondary N) is 1. The van der Waals surface area contributed by atoms with Crippen molar-refractivity contribution in [1.82, 2.24) is 30.2 Å². The number of aromatic nitrogens is 5. The standard InChI is InChI=1S/C18H20N6O4.ClH/c1-26-18(25)12-4-2-6-14(8-12)27-10-15-21-17(28-23-15)16-20-11-24(22-16)13-5-3-7-19-9-13;/h2,4,6,8,11,13,19H,3,5,7,9-10H2,1H3;1H. The quantitative estimate of drug-likeness (QED) is 0.597. The summed E-state index contributed by atoms with van der Waals surface area (Å²) in [6, 6.07) is 6.96. The summed E-state index contributed by atoms with van der Waals surface area (Å²) in [5.41, 5.74) is 0.403. The van der Waals surface area contributed by atoms with Crippen molar-refractivity contribution in [3.8, 4) is 17.5 Å². The van der Waals surface area contributed by atoms with Crippen LogP contribution in [0.1, 0.15) is 35.1 Å². The lowest BCUT2D eigenvalue weighted by Gasteiger charge is -2.22. The number of hydrogen-bond acceptors (Lipinski definition) is 9. The van der Waals surface area contributed by atoms with Gasteiger partial charge in [-0.15, -0.1) is 17.5 Å². The van der Waals surface area contributed by atoms with Crippen LogP contribution >= 0.6 is 12.4 Å². The highest BCUT2D eigenvalue weighted by Crippen LogP contribution is 2.19. The molecule has 10 nitrogen and oxygen atoms in total. The number of hydrogen-bond donors (Lipinski definition) is 1. The Morgan fingerprint density at radius 3 is 3.10 bits per heavy atom. The minimum atomic E-state index is -0.429. The number of esters is 1. The Labute approximate surface area is 173 Å². The van der Waals surface area contributed by atoms with Gasteiger partial charge < -0.3 is 19.3 Å². The average Bonchev–Trinajstić information content (AvgIpc) is 3.42. The Morgan fingerprint density at radius 2 is 2.31 bits per heavy atom. The van der Waals surface area contributed by atoms with Crippen molar-refractivity contribution in [2.24, 2.45) is 0 Å². The number of methoxy groups -OCH3 is 1. The van der Waals surface area contributed by atoms with Crippen molar-refractivity contribution in [2.45, 2.75) is 25.5 Å². The molecule has 1 saturated heterocycles. The van der Waals surface area contributed by atoms with Crippen LogP contribution in [0.5, 0.6) is 5.75 Å². The summed E-state index contributed by atoms with van der Waals surface area (Å²) in [4.78, 5) is 20.1. The van der Waals surface area contributed by atoms with Gasteiger partial charge in [-0.1, -0.05) is 11.2 Å². The third-order valence-corrected chi connectivity index (χ3v) is 4.44. The predicted molar refractivity (Wildman–Crippen MR) is 104 cm³/mol. The first-order valence-electron chi connectivity index (χ1n) is 8.99. The summed E-state index contributed by atoms with van der Waals surface area (Å²) in [7, 11) is 1.33. The van der Waals surface area contributed by atoms with E-state index in [0.717, 1.165) is 25.9 Å². The van der Waals surface area contributed by atoms with Gasteiger partial charge in [-0.3, -0.25) is 0 Å². The van der Waals surface area contributed by atoms with Gasteiger partial charge in [-0.2, -0.15) is 4.98 Å². The van der Waals surface area contributed by atoms with Gasteiger partial charge in [-0.25, -0.2) is 14.5 Å². The molecular weight excluding hydrogens is 400 g/mol. The van der Waals surface area contributed by atoms with E-state index in [-0.39, 0.29) is 30.9 Å². The molecule has 154 valence electrons. The zero-order valence-electron chi connectivity index (χ0n) is 15.8. The molecule has 11 heteroatoms. The predicted octanol–water partition coefficient (Wildman–Crippen LogP) is 2.04. The molecule has 1 aliphatic heterocycles. The number of ether oxygens (including phenoxy) is 2. The van der Waals surface area contributed by atoms with Crippen molar-refractivity contribution in [3.63, 3.8) is 0 Å². The van der Waals surface area contributed by atoms with E-state index in [0.29, 0.717) is 23.0 Å². The van der Waals surface area contributed by atoms with Gasteiger partial charge in [0.05, 0.1) is 18.7 Å². The van der Waals surface area contributed by atoms with Gasteiger partial charge in [-0.05, 0) is 37.6 Å². The van der Waals surface area contributed by atoms with E-state index in [1.165, 1.54) is 7.11 Å². The molecule has 1 aromatic carbocycles. The smallest absolute Gasteiger partial charge is 0.337 e. The van der Waals surface area contributed by atoms with Crippen LogP contribution in [0.4, 0.5) is 0 Å². The monoisotopic (exact) mass is 420 g/mol. The third kappa shape index (κ3) is 4.90. The van der Waals surface area contributed by atoms with E-state index in [4.69, 9.17) is 14.0 Å². The summed E-state index contributed by atoms with van der Waals surface area (Å²) >= 11 is 0. The molecule has 1 fully saturated rings. The van der Waals surface area contributed by atoms with E-state index < -0.39 is 5.97 Å². The maximum Gasteiger partial charge on any atom is 0.337 e. The van der Waals surface area contributed by atoms with Gasteiger partial charge in [0.2, 0.25) is 11.6 Å². The van der Waals surface area contributed by atoms with Gasteiger partial charge in [0.15, 0.2) is 6.61 Å². The number of benzene rings is 1. The molecule has 1 N–H and O–H groups in total. The number of halogens is 1. The number of rotatable bonds is 6. The first-order valence-corrected chi connectivity index (χ1v) is 8.99. The normalized spacial score (nSPS) is 16.1. The highest BCUT2D eigenvalue weighted by molar-refractivity contribution is 5.89. The third-order valence-electron chi connectivity index (χ3n) is 4.44. The molecule has 4 rings (SSSR count). The average molecular weight is 421 g/mol. The highest BCUT2D eigenvalue weighted by atomic mass is 35.5. The first kappa shape index (κ1) is 20.7. The molecule has 0 spiro atoms. The molecule has 0 bridgehead atoms. The highest BCUT2D eigenvalue weighted by Gasteiger charge is 2.19. The van der Waals surface area contributed by atoms with Crippen molar-refractivity contribution >= 4 is 18.4 Å². The molecule has 1 unspecified atom stereocenters. The fourth-order valence-corrected chi connectivity index (χ4v) is 2.99. The first-order chi connectivity index (χ1) is 13.7. The maximum atomic E-state index is 11.6. The zero-order valence-corrected chi connectivity index (χ0v) is 16.6. The molecule has 29 heavy (non-hydrogen) atoms. The lowest BCUT2D eigenvalue weighted by atomic mass is 10.1. The van der Waals surface area contributed by atoms with Crippen molar-refractivity contribution in [1.29, 1.82) is 0 Å². The van der Waals surface area contributed by atoms with Gasteiger partial charge in [0.25, 0.3) is 5.89 Å². The van der Waals surface area contributed by atoms with Crippen LogP contribution in [0.2, 0.25) is 0 Å². The van der Waals surface area contributed by atoms with Gasteiger partial charge >= 0.3 is 5.97 Å². The second-order valence-corrected chi connectivity index (χ2v) is 6.37. The summed E-state index contributed by atoms with van der Waals surface area (Å²) < 4.78 is 17.4. The summed E-state index contributed by atoms with van der Waals surface area (Å²) in [5, 5.41) is 11.7. The molecule has 0 radical (unpaired) electrons. The minimum absolute atomic E-state index is 0. The Morgan fingerprint density at radius 1 is 1.41 bits per heavy atom. The van der Waals surface area contributed by atoms with Crippen LogP contribution in [0.15, 0.2) is 35.1 Å². The van der Waals surface area contributed by atoms with Crippen molar-refractivity contribution < 1.29 is 18.8 Å². The Kier molecular flexibility index (Phi) is 6.78. The molecule has 1 aliphatic rings. The van der Waals surface area contributed by atoms with Crippen LogP contribution in [-0.2, 0) is 11.3 Å². The molecule has 0 amide bonds. The van der Waals surface area contributed by atoms with Crippen LogP contribution in [0.3, 0.4) is 0 Å². The van der Waals surface area contributed by atoms with Crippen LogP contribution < -0.4 is 10.1 Å². The zero-order chi connectivity index (χ0) is 19.3. The second-order valence-electron chi connectivity index (χ2n) is 6.37. The number of carbonyl (C=O) groups excluding carboxylic acids is 1. The topological polar surface area (TPSA) is 117 Å². The van der Waals surface area contributed by atoms with Gasteiger partial charge in [0, 0.05) is 6.54 Å². The van der Waals surface area contributed by atoms with E-state index in [1.807, 2.05) is 4.68 Å². The van der Waals surface area contributed by atoms with E-state index in [2.05, 4.69) is 25.5 Å². The van der Waals surface area contributed by atoms with Crippen LogP contribution in [0, 0.1) is 0 Å². The molecule has 2 aromatic heterocycles. The summed E-state index contributed by atoms with van der Waals surface area (Å²) in [6.07, 6.45) is 3.86. The van der Waals surface area contributed by atoms with E-state index in [1.54, 1.807) is 30.6 Å². The summed E-state index contributed by atoms with van der Waals surface area (Å²) in [6.45, 7) is 1.99. The molecule has 1 atom stereocenters. The summed E-state index contributed by atoms with van der Waals surface area (Å²) in [5.74, 6) is 1.05. The minimum Gasteiger partial charge on any atom is -0.485 e. The van der Waals surface area contributed by atoms with Gasteiger partial charge in [0.1, 0.15) is 12.1 Å². The fourth-order valence-electron chi connectivity index (χ4n) is 2.99. The Balaban J connectivity index is 0.00000240. The SMILES string of the molecule is COC(=O)c1cccc(OCc2noc(-c3ncn(C4CCCNC4)n3)n2)c1.Cl. The van der Waals surface area contributed by atoms with E-state index in [9.17, 15) is 4.79 Å². The van der Waals surface area contributed by atoms with Crippen LogP contribution in [0.25, 0.3) is 11.7 Å². The molecular formula is C18H21ClN6O4. The molecule has 0 saturated carbocycles. The number of piperidine rings is 1. The van der Waals surface area contributed by atoms with Crippen molar-refractivity contribution in [3.05, 3.63) is 42.0 Å². The Bertz CT molecular complexity index is 953. The molecule has 0 aliphatic carbocycles. The number of nitrogens with zero attached hydrogens (tertiary/aromatic N) is 5.